The first-order valence-corrected chi connectivity index (χ1v) is 7.61. The van der Waals surface area contributed by atoms with Crippen molar-refractivity contribution in [3.05, 3.63) is 35.9 Å². The molecule has 2 rings (SSSR count). The minimum absolute atomic E-state index is 0.767. The third-order valence-electron chi connectivity index (χ3n) is 4.41. The second-order valence-electron chi connectivity index (χ2n) is 5.67. The first-order valence-electron chi connectivity index (χ1n) is 7.61. The number of aryl methyl sites for hydroxylation is 1. The van der Waals surface area contributed by atoms with E-state index in [-0.39, 0.29) is 0 Å². The molecule has 1 heteroatoms. The van der Waals surface area contributed by atoms with E-state index in [4.69, 9.17) is 0 Å². The molecule has 1 aliphatic rings. The van der Waals surface area contributed by atoms with Crippen LogP contribution in [0.25, 0.3) is 0 Å². The normalized spacial score (nSPS) is 18.1. The van der Waals surface area contributed by atoms with E-state index in [1.165, 1.54) is 56.9 Å². The van der Waals surface area contributed by atoms with Gasteiger partial charge in [-0.2, -0.15) is 0 Å². The van der Waals surface area contributed by atoms with E-state index in [1.54, 1.807) is 0 Å². The Balaban J connectivity index is 1.64. The van der Waals surface area contributed by atoms with Gasteiger partial charge in [0.1, 0.15) is 0 Å². The average Bonchev–Trinajstić information content (AvgIpc) is 2.94. The lowest BCUT2D eigenvalue weighted by molar-refractivity contribution is 0.350. The standard InChI is InChI=1S/C17H27N/c1-18-17(16-12-6-7-13-16)14-8-5-11-15-9-3-2-4-10-15/h2-4,9-10,16-18H,5-8,11-14H2,1H3. The topological polar surface area (TPSA) is 12.0 Å². The molecule has 1 fully saturated rings. The zero-order valence-corrected chi connectivity index (χ0v) is 11.7. The van der Waals surface area contributed by atoms with Gasteiger partial charge in [-0.25, -0.2) is 0 Å². The molecule has 0 saturated heterocycles. The second-order valence-corrected chi connectivity index (χ2v) is 5.67. The molecule has 0 spiro atoms. The largest absolute Gasteiger partial charge is 0.317 e. The molecule has 1 aromatic rings. The summed E-state index contributed by atoms with van der Waals surface area (Å²) >= 11 is 0. The van der Waals surface area contributed by atoms with Crippen molar-refractivity contribution in [3.8, 4) is 0 Å². The number of rotatable bonds is 7. The van der Waals surface area contributed by atoms with Crippen molar-refractivity contribution >= 4 is 0 Å². The van der Waals surface area contributed by atoms with Crippen molar-refractivity contribution in [1.29, 1.82) is 0 Å². The second kappa shape index (κ2) is 7.58. The van der Waals surface area contributed by atoms with E-state index in [0.29, 0.717) is 0 Å². The van der Waals surface area contributed by atoms with E-state index < -0.39 is 0 Å². The fourth-order valence-corrected chi connectivity index (χ4v) is 3.31. The van der Waals surface area contributed by atoms with E-state index >= 15 is 0 Å². The summed E-state index contributed by atoms with van der Waals surface area (Å²) in [7, 11) is 2.14. The molecule has 1 atom stereocenters. The van der Waals surface area contributed by atoms with Gasteiger partial charge in [0.15, 0.2) is 0 Å². The van der Waals surface area contributed by atoms with Gasteiger partial charge in [-0.3, -0.25) is 0 Å². The highest BCUT2D eigenvalue weighted by Gasteiger charge is 2.22. The van der Waals surface area contributed by atoms with Gasteiger partial charge in [-0.15, -0.1) is 0 Å². The van der Waals surface area contributed by atoms with E-state index in [9.17, 15) is 0 Å². The van der Waals surface area contributed by atoms with E-state index in [1.807, 2.05) is 0 Å². The minimum atomic E-state index is 0.767. The van der Waals surface area contributed by atoms with Crippen LogP contribution in [-0.4, -0.2) is 13.1 Å². The van der Waals surface area contributed by atoms with Crippen molar-refractivity contribution in [2.24, 2.45) is 5.92 Å². The van der Waals surface area contributed by atoms with Gasteiger partial charge in [0.05, 0.1) is 0 Å². The SMILES string of the molecule is CNC(CCCCc1ccccc1)C1CCCC1. The highest BCUT2D eigenvalue weighted by Crippen LogP contribution is 2.29. The van der Waals surface area contributed by atoms with Crippen molar-refractivity contribution in [2.75, 3.05) is 7.05 Å². The van der Waals surface area contributed by atoms with Crippen molar-refractivity contribution in [1.82, 2.24) is 5.32 Å². The number of benzene rings is 1. The zero-order valence-electron chi connectivity index (χ0n) is 11.7. The molecule has 100 valence electrons. The molecule has 0 aromatic heterocycles. The van der Waals surface area contributed by atoms with Crippen LogP contribution in [0.4, 0.5) is 0 Å². The summed E-state index contributed by atoms with van der Waals surface area (Å²) in [6.07, 6.45) is 11.1. The summed E-state index contributed by atoms with van der Waals surface area (Å²) in [5.41, 5.74) is 1.49. The molecule has 0 bridgehead atoms. The van der Waals surface area contributed by atoms with E-state index in [0.717, 1.165) is 12.0 Å². The number of nitrogens with one attached hydrogen (secondary N) is 1. The molecule has 1 saturated carbocycles. The number of hydrogen-bond donors (Lipinski definition) is 1. The molecule has 18 heavy (non-hydrogen) atoms. The van der Waals surface area contributed by atoms with Crippen LogP contribution in [0.3, 0.4) is 0 Å². The maximum absolute atomic E-state index is 3.54. The first-order chi connectivity index (χ1) is 8.90. The summed E-state index contributed by atoms with van der Waals surface area (Å²) in [5, 5.41) is 3.54. The molecule has 0 aliphatic heterocycles. The lowest BCUT2D eigenvalue weighted by Crippen LogP contribution is -2.32. The predicted octanol–water partition coefficient (Wildman–Crippen LogP) is 4.18. The maximum Gasteiger partial charge on any atom is 0.00923 e. The van der Waals surface area contributed by atoms with Crippen LogP contribution in [0.5, 0.6) is 0 Å². The quantitative estimate of drug-likeness (QED) is 0.711. The number of unbranched alkanes of at least 4 members (excludes halogenated alkanes) is 1. The molecule has 1 aliphatic carbocycles. The molecular formula is C17H27N. The van der Waals surface area contributed by atoms with Crippen LogP contribution < -0.4 is 5.32 Å². The predicted molar refractivity (Wildman–Crippen MR) is 78.8 cm³/mol. The highest BCUT2D eigenvalue weighted by atomic mass is 14.9. The summed E-state index contributed by atoms with van der Waals surface area (Å²) < 4.78 is 0. The van der Waals surface area contributed by atoms with Crippen LogP contribution in [0.2, 0.25) is 0 Å². The summed E-state index contributed by atoms with van der Waals surface area (Å²) in [4.78, 5) is 0. The van der Waals surface area contributed by atoms with Gasteiger partial charge in [0, 0.05) is 6.04 Å². The van der Waals surface area contributed by atoms with Crippen LogP contribution >= 0.6 is 0 Å². The van der Waals surface area contributed by atoms with Crippen LogP contribution in [0.15, 0.2) is 30.3 Å². The average molecular weight is 245 g/mol. The molecule has 1 nitrogen and oxygen atoms in total. The molecule has 1 unspecified atom stereocenters. The van der Waals surface area contributed by atoms with Crippen molar-refractivity contribution < 1.29 is 0 Å². The van der Waals surface area contributed by atoms with Gasteiger partial charge >= 0.3 is 0 Å². The summed E-state index contributed by atoms with van der Waals surface area (Å²) in [6, 6.07) is 11.6. The molecule has 0 amide bonds. The van der Waals surface area contributed by atoms with Gasteiger partial charge in [-0.05, 0) is 50.6 Å². The summed E-state index contributed by atoms with van der Waals surface area (Å²) in [6.45, 7) is 0. The molecule has 0 heterocycles. The summed E-state index contributed by atoms with van der Waals surface area (Å²) in [5.74, 6) is 0.951. The third kappa shape index (κ3) is 4.13. The van der Waals surface area contributed by atoms with E-state index in [2.05, 4.69) is 42.7 Å². The molecule has 1 N–H and O–H groups in total. The Hall–Kier alpha value is -0.820. The third-order valence-corrected chi connectivity index (χ3v) is 4.41. The fourth-order valence-electron chi connectivity index (χ4n) is 3.31. The van der Waals surface area contributed by atoms with Crippen molar-refractivity contribution in [3.63, 3.8) is 0 Å². The maximum atomic E-state index is 3.54. The molecule has 0 radical (unpaired) electrons. The monoisotopic (exact) mass is 245 g/mol. The zero-order chi connectivity index (χ0) is 12.6. The van der Waals surface area contributed by atoms with Crippen LogP contribution in [0.1, 0.15) is 50.5 Å². The Morgan fingerprint density at radius 1 is 1.11 bits per heavy atom. The van der Waals surface area contributed by atoms with Gasteiger partial charge < -0.3 is 5.32 Å². The Labute approximate surface area is 112 Å². The van der Waals surface area contributed by atoms with Gasteiger partial charge in [-0.1, -0.05) is 49.6 Å². The Morgan fingerprint density at radius 2 is 1.83 bits per heavy atom. The highest BCUT2D eigenvalue weighted by molar-refractivity contribution is 5.14. The Kier molecular flexibility index (Phi) is 5.73. The number of hydrogen-bond acceptors (Lipinski definition) is 1. The smallest absolute Gasteiger partial charge is 0.00923 e. The van der Waals surface area contributed by atoms with Crippen LogP contribution in [0, 0.1) is 5.92 Å². The lowest BCUT2D eigenvalue weighted by Gasteiger charge is -2.22. The van der Waals surface area contributed by atoms with Gasteiger partial charge in [0.25, 0.3) is 0 Å². The molecular weight excluding hydrogens is 218 g/mol. The lowest BCUT2D eigenvalue weighted by atomic mass is 9.93. The minimum Gasteiger partial charge on any atom is -0.317 e. The van der Waals surface area contributed by atoms with Gasteiger partial charge in [0.2, 0.25) is 0 Å². The van der Waals surface area contributed by atoms with Crippen LogP contribution in [-0.2, 0) is 6.42 Å². The Bertz CT molecular complexity index is 314. The fraction of sp³-hybridized carbons (Fsp3) is 0.647. The molecule has 1 aromatic carbocycles. The Morgan fingerprint density at radius 3 is 2.50 bits per heavy atom. The first kappa shape index (κ1) is 13.6. The van der Waals surface area contributed by atoms with Crippen molar-refractivity contribution in [2.45, 2.75) is 57.4 Å².